The quantitative estimate of drug-likeness (QED) is 0.773. The van der Waals surface area contributed by atoms with E-state index < -0.39 is 0 Å². The number of aromatic nitrogens is 3. The van der Waals surface area contributed by atoms with Gasteiger partial charge in [-0.05, 0) is 26.3 Å². The van der Waals surface area contributed by atoms with Gasteiger partial charge in [0, 0.05) is 12.3 Å². The number of aryl methyl sites for hydroxylation is 1. The average Bonchev–Trinajstić information content (AvgIpc) is 2.77. The summed E-state index contributed by atoms with van der Waals surface area (Å²) < 4.78 is 2.09. The molecule has 94 valence electrons. The average molecular weight is 242 g/mol. The molecule has 0 amide bonds. The molecule has 1 aromatic heterocycles. The zero-order valence-corrected chi connectivity index (χ0v) is 11.1. The van der Waals surface area contributed by atoms with Crippen molar-refractivity contribution in [1.82, 2.24) is 14.8 Å². The highest BCUT2D eigenvalue weighted by Crippen LogP contribution is 2.05. The molecular formula is C14H18N4. The summed E-state index contributed by atoms with van der Waals surface area (Å²) in [4.78, 5) is 4.58. The first-order valence-electron chi connectivity index (χ1n) is 6.17. The predicted octanol–water partition coefficient (Wildman–Crippen LogP) is 2.62. The topological polar surface area (TPSA) is 43.1 Å². The van der Waals surface area contributed by atoms with Crippen molar-refractivity contribution in [3.05, 3.63) is 47.5 Å². The Morgan fingerprint density at radius 1 is 1.22 bits per heavy atom. The van der Waals surface area contributed by atoms with Gasteiger partial charge in [0.05, 0.1) is 6.54 Å². The first kappa shape index (κ1) is 12.5. The normalized spacial score (nSPS) is 11.8. The Balaban J connectivity index is 2.15. The minimum absolute atomic E-state index is 0.579. The summed E-state index contributed by atoms with van der Waals surface area (Å²) in [5, 5.41) is 8.24. The fraction of sp³-hybridized carbons (Fsp3) is 0.357. The van der Waals surface area contributed by atoms with E-state index >= 15 is 0 Å². The van der Waals surface area contributed by atoms with Crippen LogP contribution in [0.15, 0.2) is 35.3 Å². The number of hydrogen-bond donors (Lipinski definition) is 0. The highest BCUT2D eigenvalue weighted by atomic mass is 15.3. The summed E-state index contributed by atoms with van der Waals surface area (Å²) in [5.41, 5.74) is 2.18. The molecule has 2 rings (SSSR count). The number of nitrogens with zero attached hydrogens (tertiary/aromatic N) is 4. The van der Waals surface area contributed by atoms with Crippen molar-refractivity contribution in [2.24, 2.45) is 4.99 Å². The molecule has 0 bridgehead atoms. The highest BCUT2D eigenvalue weighted by molar-refractivity contribution is 5.98. The molecule has 0 fully saturated rings. The van der Waals surface area contributed by atoms with E-state index in [-0.39, 0.29) is 0 Å². The Morgan fingerprint density at radius 2 is 1.94 bits per heavy atom. The Labute approximate surface area is 107 Å². The lowest BCUT2D eigenvalue weighted by Gasteiger charge is -2.04. The van der Waals surface area contributed by atoms with Crippen molar-refractivity contribution in [3.8, 4) is 0 Å². The van der Waals surface area contributed by atoms with Crippen molar-refractivity contribution in [1.29, 1.82) is 0 Å². The number of hydrogen-bond acceptors (Lipinski definition) is 3. The van der Waals surface area contributed by atoms with E-state index in [0.717, 1.165) is 29.5 Å². The number of benzene rings is 1. The van der Waals surface area contributed by atoms with Crippen LogP contribution in [0.1, 0.15) is 31.1 Å². The van der Waals surface area contributed by atoms with Crippen LogP contribution in [0.25, 0.3) is 0 Å². The fourth-order valence-corrected chi connectivity index (χ4v) is 1.91. The van der Waals surface area contributed by atoms with E-state index in [1.165, 1.54) is 0 Å². The van der Waals surface area contributed by atoms with Gasteiger partial charge in [-0.1, -0.05) is 30.3 Å². The lowest BCUT2D eigenvalue weighted by Crippen LogP contribution is -2.04. The first-order chi connectivity index (χ1) is 8.72. The van der Waals surface area contributed by atoms with Crippen molar-refractivity contribution in [3.63, 3.8) is 0 Å². The Bertz CT molecular complexity index is 540. The van der Waals surface area contributed by atoms with Gasteiger partial charge in [0.25, 0.3) is 0 Å². The summed E-state index contributed by atoms with van der Waals surface area (Å²) in [6, 6.07) is 10.2. The number of aliphatic imine (C=N–C) groups is 1. The van der Waals surface area contributed by atoms with Gasteiger partial charge < -0.3 is 4.57 Å². The lowest BCUT2D eigenvalue weighted by molar-refractivity contribution is 0.680. The Hall–Kier alpha value is -1.97. The number of rotatable bonds is 4. The molecule has 0 spiro atoms. The standard InChI is InChI=1S/C14H18N4/c1-4-18-12(3)16-17-14(18)10-15-11(2)13-8-6-5-7-9-13/h5-9H,4,10H2,1-3H3. The van der Waals surface area contributed by atoms with E-state index in [9.17, 15) is 0 Å². The third-order valence-electron chi connectivity index (χ3n) is 2.98. The first-order valence-corrected chi connectivity index (χ1v) is 6.17. The van der Waals surface area contributed by atoms with Gasteiger partial charge in [0.2, 0.25) is 0 Å². The van der Waals surface area contributed by atoms with Gasteiger partial charge in [-0.3, -0.25) is 4.99 Å². The van der Waals surface area contributed by atoms with E-state index in [2.05, 4.69) is 38.8 Å². The molecule has 2 aromatic rings. The molecule has 0 N–H and O–H groups in total. The Kier molecular flexibility index (Phi) is 3.87. The van der Waals surface area contributed by atoms with Crippen molar-refractivity contribution in [2.75, 3.05) is 0 Å². The van der Waals surface area contributed by atoms with Crippen LogP contribution >= 0.6 is 0 Å². The maximum Gasteiger partial charge on any atom is 0.154 e. The molecule has 0 aliphatic rings. The van der Waals surface area contributed by atoms with Crippen molar-refractivity contribution in [2.45, 2.75) is 33.9 Å². The second-order valence-electron chi connectivity index (χ2n) is 4.18. The van der Waals surface area contributed by atoms with E-state index in [4.69, 9.17) is 0 Å². The van der Waals surface area contributed by atoms with Crippen molar-refractivity contribution < 1.29 is 0 Å². The van der Waals surface area contributed by atoms with Crippen LogP contribution in [-0.2, 0) is 13.1 Å². The summed E-state index contributed by atoms with van der Waals surface area (Å²) in [7, 11) is 0. The smallest absolute Gasteiger partial charge is 0.154 e. The molecule has 0 aliphatic carbocycles. The summed E-state index contributed by atoms with van der Waals surface area (Å²) in [6.45, 7) is 7.54. The van der Waals surface area contributed by atoms with Crippen LogP contribution in [0.5, 0.6) is 0 Å². The predicted molar refractivity (Wildman–Crippen MR) is 72.8 cm³/mol. The maximum absolute atomic E-state index is 4.58. The third-order valence-corrected chi connectivity index (χ3v) is 2.98. The maximum atomic E-state index is 4.58. The third kappa shape index (κ3) is 2.64. The van der Waals surface area contributed by atoms with E-state index in [0.29, 0.717) is 6.54 Å². The monoisotopic (exact) mass is 242 g/mol. The molecular weight excluding hydrogens is 224 g/mol. The van der Waals surface area contributed by atoms with Crippen LogP contribution in [0.3, 0.4) is 0 Å². The van der Waals surface area contributed by atoms with Crippen LogP contribution in [0.2, 0.25) is 0 Å². The van der Waals surface area contributed by atoms with Crippen LogP contribution in [-0.4, -0.2) is 20.5 Å². The minimum Gasteiger partial charge on any atom is -0.314 e. The van der Waals surface area contributed by atoms with Gasteiger partial charge in [0.1, 0.15) is 5.82 Å². The molecule has 1 heterocycles. The largest absolute Gasteiger partial charge is 0.314 e. The van der Waals surface area contributed by atoms with Gasteiger partial charge in [-0.25, -0.2) is 0 Å². The molecule has 0 aliphatic heterocycles. The summed E-state index contributed by atoms with van der Waals surface area (Å²) in [5.74, 6) is 1.87. The lowest BCUT2D eigenvalue weighted by atomic mass is 10.1. The molecule has 18 heavy (non-hydrogen) atoms. The van der Waals surface area contributed by atoms with Gasteiger partial charge in [0.15, 0.2) is 5.82 Å². The van der Waals surface area contributed by atoms with E-state index in [1.54, 1.807) is 0 Å². The van der Waals surface area contributed by atoms with Gasteiger partial charge >= 0.3 is 0 Å². The summed E-state index contributed by atoms with van der Waals surface area (Å²) >= 11 is 0. The van der Waals surface area contributed by atoms with Crippen LogP contribution < -0.4 is 0 Å². The molecule has 4 heteroatoms. The van der Waals surface area contributed by atoms with Gasteiger partial charge in [-0.15, -0.1) is 10.2 Å². The zero-order chi connectivity index (χ0) is 13.0. The van der Waals surface area contributed by atoms with E-state index in [1.807, 2.05) is 32.0 Å². The molecule has 0 saturated heterocycles. The van der Waals surface area contributed by atoms with Crippen LogP contribution in [0.4, 0.5) is 0 Å². The second-order valence-corrected chi connectivity index (χ2v) is 4.18. The minimum atomic E-state index is 0.579. The SMILES string of the molecule is CCn1c(C)nnc1CN=C(C)c1ccccc1. The fourth-order valence-electron chi connectivity index (χ4n) is 1.91. The zero-order valence-electron chi connectivity index (χ0n) is 11.1. The highest BCUT2D eigenvalue weighted by Gasteiger charge is 2.06. The molecule has 0 radical (unpaired) electrons. The molecule has 1 aromatic carbocycles. The van der Waals surface area contributed by atoms with Crippen LogP contribution in [0, 0.1) is 6.92 Å². The second kappa shape index (κ2) is 5.58. The molecule has 0 saturated carbocycles. The van der Waals surface area contributed by atoms with Crippen molar-refractivity contribution >= 4 is 5.71 Å². The van der Waals surface area contributed by atoms with Gasteiger partial charge in [-0.2, -0.15) is 0 Å². The Morgan fingerprint density at radius 3 is 2.61 bits per heavy atom. The molecule has 0 unspecified atom stereocenters. The summed E-state index contributed by atoms with van der Waals surface area (Å²) in [6.07, 6.45) is 0. The molecule has 0 atom stereocenters. The molecule has 4 nitrogen and oxygen atoms in total.